The topological polar surface area (TPSA) is 54.8 Å². The second-order valence-electron chi connectivity index (χ2n) is 4.04. The summed E-state index contributed by atoms with van der Waals surface area (Å²) in [6.07, 6.45) is 4.14. The third-order valence-corrected chi connectivity index (χ3v) is 2.81. The molecule has 1 saturated carbocycles. The summed E-state index contributed by atoms with van der Waals surface area (Å²) < 4.78 is 5.29. The predicted octanol–water partition coefficient (Wildman–Crippen LogP) is 1.50. The average Bonchev–Trinajstić information content (AvgIpc) is 2.99. The number of guanidine groups is 1. The van der Waals surface area contributed by atoms with Crippen molar-refractivity contribution in [3.05, 3.63) is 23.7 Å². The van der Waals surface area contributed by atoms with E-state index in [0.29, 0.717) is 18.5 Å². The highest BCUT2D eigenvalue weighted by Crippen LogP contribution is 2.25. The van der Waals surface area contributed by atoms with Gasteiger partial charge in [0.05, 0.1) is 6.26 Å². The van der Waals surface area contributed by atoms with Crippen LogP contribution in [0.1, 0.15) is 24.2 Å². The Morgan fingerprint density at radius 1 is 1.67 bits per heavy atom. The van der Waals surface area contributed by atoms with Crippen molar-refractivity contribution in [2.75, 3.05) is 7.05 Å². The summed E-state index contributed by atoms with van der Waals surface area (Å²) in [6.45, 7) is 2.54. The number of nitrogens with zero attached hydrogens (tertiary/aromatic N) is 2. The van der Waals surface area contributed by atoms with Gasteiger partial charge in [-0.1, -0.05) is 0 Å². The zero-order chi connectivity index (χ0) is 10.8. The minimum Gasteiger partial charge on any atom is -0.467 e. The fraction of sp³-hybridized carbons (Fsp3) is 0.545. The average molecular weight is 207 g/mol. The molecule has 0 saturated heterocycles. The van der Waals surface area contributed by atoms with Crippen molar-refractivity contribution >= 4 is 5.96 Å². The molecule has 0 unspecified atom stereocenters. The normalized spacial score (nSPS) is 16.8. The summed E-state index contributed by atoms with van der Waals surface area (Å²) in [5.41, 5.74) is 6.98. The van der Waals surface area contributed by atoms with E-state index in [2.05, 4.69) is 4.99 Å². The van der Waals surface area contributed by atoms with E-state index in [1.807, 2.05) is 24.9 Å². The Morgan fingerprint density at radius 3 is 2.93 bits per heavy atom. The van der Waals surface area contributed by atoms with E-state index in [-0.39, 0.29) is 0 Å². The number of hydrogen-bond donors (Lipinski definition) is 1. The first-order valence-electron chi connectivity index (χ1n) is 5.24. The predicted molar refractivity (Wildman–Crippen MR) is 59.6 cm³/mol. The lowest BCUT2D eigenvalue weighted by molar-refractivity contribution is 0.479. The molecule has 1 fully saturated rings. The number of rotatable bonds is 3. The Hall–Kier alpha value is -1.45. The quantitative estimate of drug-likeness (QED) is 0.603. The van der Waals surface area contributed by atoms with Gasteiger partial charge in [0.25, 0.3) is 0 Å². The molecule has 0 amide bonds. The highest BCUT2D eigenvalue weighted by Gasteiger charge is 2.27. The standard InChI is InChI=1S/C11H17N3O/c1-8-5-6-15-10(8)7-13-11(12)14(2)9-3-4-9/h5-6,9H,3-4,7H2,1-2H3,(H2,12,13). The van der Waals surface area contributed by atoms with Crippen molar-refractivity contribution in [1.82, 2.24) is 4.90 Å². The second-order valence-corrected chi connectivity index (χ2v) is 4.04. The van der Waals surface area contributed by atoms with Crippen molar-refractivity contribution in [3.8, 4) is 0 Å². The van der Waals surface area contributed by atoms with Crippen LogP contribution in [0.2, 0.25) is 0 Å². The minimum absolute atomic E-state index is 0.529. The Bertz CT molecular complexity index is 366. The van der Waals surface area contributed by atoms with E-state index < -0.39 is 0 Å². The van der Waals surface area contributed by atoms with E-state index in [4.69, 9.17) is 10.2 Å². The maximum atomic E-state index is 5.86. The number of nitrogens with two attached hydrogens (primary N) is 1. The molecule has 0 bridgehead atoms. The van der Waals surface area contributed by atoms with Crippen LogP contribution in [0.4, 0.5) is 0 Å². The van der Waals surface area contributed by atoms with Crippen LogP contribution in [-0.4, -0.2) is 23.9 Å². The SMILES string of the molecule is Cc1ccoc1CN=C(N)N(C)C1CC1. The van der Waals surface area contributed by atoms with Crippen LogP contribution in [0, 0.1) is 6.92 Å². The molecule has 1 aromatic rings. The summed E-state index contributed by atoms with van der Waals surface area (Å²) in [5, 5.41) is 0. The van der Waals surface area contributed by atoms with Crippen molar-refractivity contribution in [2.24, 2.45) is 10.7 Å². The Morgan fingerprint density at radius 2 is 2.40 bits per heavy atom. The molecule has 15 heavy (non-hydrogen) atoms. The minimum atomic E-state index is 0.529. The van der Waals surface area contributed by atoms with E-state index in [9.17, 15) is 0 Å². The molecule has 0 radical (unpaired) electrons. The molecule has 0 atom stereocenters. The molecule has 0 aliphatic heterocycles. The van der Waals surface area contributed by atoms with Crippen molar-refractivity contribution in [1.29, 1.82) is 0 Å². The molecular formula is C11H17N3O. The summed E-state index contributed by atoms with van der Waals surface area (Å²) >= 11 is 0. The lowest BCUT2D eigenvalue weighted by atomic mass is 10.3. The summed E-state index contributed by atoms with van der Waals surface area (Å²) in [6, 6.07) is 2.54. The maximum absolute atomic E-state index is 5.86. The van der Waals surface area contributed by atoms with Crippen LogP contribution in [0.3, 0.4) is 0 Å². The zero-order valence-electron chi connectivity index (χ0n) is 9.23. The molecule has 0 aromatic carbocycles. The maximum Gasteiger partial charge on any atom is 0.191 e. The van der Waals surface area contributed by atoms with Gasteiger partial charge in [-0.25, -0.2) is 4.99 Å². The van der Waals surface area contributed by atoms with E-state index >= 15 is 0 Å². The van der Waals surface area contributed by atoms with Gasteiger partial charge < -0.3 is 15.1 Å². The highest BCUT2D eigenvalue weighted by atomic mass is 16.3. The van der Waals surface area contributed by atoms with Gasteiger partial charge in [-0.15, -0.1) is 0 Å². The number of aliphatic imine (C=N–C) groups is 1. The molecular weight excluding hydrogens is 190 g/mol. The molecule has 1 aliphatic rings. The summed E-state index contributed by atoms with van der Waals surface area (Å²) in [4.78, 5) is 6.36. The smallest absolute Gasteiger partial charge is 0.191 e. The van der Waals surface area contributed by atoms with Crippen molar-refractivity contribution in [2.45, 2.75) is 32.4 Å². The van der Waals surface area contributed by atoms with E-state index in [1.54, 1.807) is 6.26 Å². The second kappa shape index (κ2) is 3.96. The first-order chi connectivity index (χ1) is 7.18. The summed E-state index contributed by atoms with van der Waals surface area (Å²) in [7, 11) is 1.99. The Kier molecular flexibility index (Phi) is 2.66. The molecule has 1 heterocycles. The Labute approximate surface area is 89.8 Å². The molecule has 0 spiro atoms. The van der Waals surface area contributed by atoms with E-state index in [1.165, 1.54) is 12.8 Å². The van der Waals surface area contributed by atoms with E-state index in [0.717, 1.165) is 11.3 Å². The molecule has 4 nitrogen and oxygen atoms in total. The first-order valence-corrected chi connectivity index (χ1v) is 5.24. The molecule has 2 N–H and O–H groups in total. The number of furan rings is 1. The van der Waals surface area contributed by atoms with Gasteiger partial charge in [0, 0.05) is 13.1 Å². The molecule has 1 aliphatic carbocycles. The van der Waals surface area contributed by atoms with Crippen LogP contribution in [0.25, 0.3) is 0 Å². The van der Waals surface area contributed by atoms with Crippen LogP contribution in [-0.2, 0) is 6.54 Å². The lowest BCUT2D eigenvalue weighted by Gasteiger charge is -2.16. The Balaban J connectivity index is 1.95. The molecule has 1 aromatic heterocycles. The van der Waals surface area contributed by atoms with Crippen molar-refractivity contribution in [3.63, 3.8) is 0 Å². The third-order valence-electron chi connectivity index (χ3n) is 2.81. The van der Waals surface area contributed by atoms with Crippen LogP contribution in [0.15, 0.2) is 21.7 Å². The fourth-order valence-electron chi connectivity index (χ4n) is 1.48. The zero-order valence-corrected chi connectivity index (χ0v) is 9.23. The van der Waals surface area contributed by atoms with Gasteiger partial charge in [-0.05, 0) is 31.4 Å². The van der Waals surface area contributed by atoms with Crippen LogP contribution < -0.4 is 5.73 Å². The van der Waals surface area contributed by atoms with Gasteiger partial charge >= 0.3 is 0 Å². The molecule has 2 rings (SSSR count). The highest BCUT2D eigenvalue weighted by molar-refractivity contribution is 5.78. The molecule has 82 valence electrons. The molecule has 4 heteroatoms. The number of aryl methyl sites for hydroxylation is 1. The number of hydrogen-bond acceptors (Lipinski definition) is 2. The van der Waals surface area contributed by atoms with Crippen LogP contribution >= 0.6 is 0 Å². The lowest BCUT2D eigenvalue weighted by Crippen LogP contribution is -2.35. The van der Waals surface area contributed by atoms with Gasteiger partial charge in [0.2, 0.25) is 0 Å². The van der Waals surface area contributed by atoms with Gasteiger partial charge in [-0.3, -0.25) is 0 Å². The van der Waals surface area contributed by atoms with Gasteiger partial charge in [0.15, 0.2) is 5.96 Å². The van der Waals surface area contributed by atoms with Gasteiger partial charge in [-0.2, -0.15) is 0 Å². The monoisotopic (exact) mass is 207 g/mol. The summed E-state index contributed by atoms with van der Waals surface area (Å²) in [5.74, 6) is 1.50. The first kappa shape index (κ1) is 10.1. The van der Waals surface area contributed by atoms with Crippen LogP contribution in [0.5, 0.6) is 0 Å². The van der Waals surface area contributed by atoms with Gasteiger partial charge in [0.1, 0.15) is 12.3 Å². The third kappa shape index (κ3) is 2.32. The van der Waals surface area contributed by atoms with Crippen molar-refractivity contribution < 1.29 is 4.42 Å². The largest absolute Gasteiger partial charge is 0.467 e. The fourth-order valence-corrected chi connectivity index (χ4v) is 1.48.